The van der Waals surface area contributed by atoms with Gasteiger partial charge in [0.05, 0.1) is 0 Å². The van der Waals surface area contributed by atoms with Gasteiger partial charge in [-0.3, -0.25) is 0 Å². The van der Waals surface area contributed by atoms with E-state index in [1.807, 2.05) is 12.1 Å². The molecule has 0 fully saturated rings. The summed E-state index contributed by atoms with van der Waals surface area (Å²) in [6, 6.07) is 0.542. The number of hydrogen-bond donors (Lipinski definition) is 1. The maximum absolute atomic E-state index is 3.26. The molecule has 0 amide bonds. The fourth-order valence-corrected chi connectivity index (χ4v) is 1.18. The lowest BCUT2D eigenvalue weighted by atomic mass is 10.1. The van der Waals surface area contributed by atoms with E-state index in [0.717, 1.165) is 6.42 Å². The molecule has 0 radical (unpaired) electrons. The molecule has 0 aromatic heterocycles. The van der Waals surface area contributed by atoms with E-state index in [1.54, 1.807) is 0 Å². The van der Waals surface area contributed by atoms with Crippen molar-refractivity contribution in [2.24, 2.45) is 0 Å². The van der Waals surface area contributed by atoms with Crippen molar-refractivity contribution in [2.45, 2.75) is 26.3 Å². The quantitative estimate of drug-likeness (QED) is 0.566. The third-order valence-electron chi connectivity index (χ3n) is 1.72. The van der Waals surface area contributed by atoms with Crippen LogP contribution in [0.1, 0.15) is 20.3 Å². The van der Waals surface area contributed by atoms with E-state index in [2.05, 4.69) is 25.5 Å². The number of hydrazine groups is 1. The predicted molar refractivity (Wildman–Crippen MR) is 38.7 cm³/mol. The molecule has 0 aromatic carbocycles. The fourth-order valence-electron chi connectivity index (χ4n) is 1.18. The van der Waals surface area contributed by atoms with Gasteiger partial charge in [0.2, 0.25) is 0 Å². The van der Waals surface area contributed by atoms with Crippen LogP contribution in [0, 0.1) is 0 Å². The molecule has 2 heteroatoms. The van der Waals surface area contributed by atoms with Crippen LogP contribution in [0.2, 0.25) is 0 Å². The maximum atomic E-state index is 3.26. The van der Waals surface area contributed by atoms with Crippen LogP contribution in [0.15, 0.2) is 11.8 Å². The van der Waals surface area contributed by atoms with E-state index in [0.29, 0.717) is 6.04 Å². The summed E-state index contributed by atoms with van der Waals surface area (Å²) < 4.78 is 0. The van der Waals surface area contributed by atoms with E-state index in [9.17, 15) is 0 Å². The summed E-state index contributed by atoms with van der Waals surface area (Å²) in [7, 11) is 2.03. The van der Waals surface area contributed by atoms with Crippen LogP contribution < -0.4 is 5.43 Å². The Bertz CT molecular complexity index is 129. The second-order valence-electron chi connectivity index (χ2n) is 2.52. The van der Waals surface area contributed by atoms with E-state index >= 15 is 0 Å². The van der Waals surface area contributed by atoms with Crippen LogP contribution >= 0.6 is 0 Å². The Balaban J connectivity index is 2.57. The lowest BCUT2D eigenvalue weighted by Crippen LogP contribution is -2.30. The van der Waals surface area contributed by atoms with Gasteiger partial charge in [0.25, 0.3) is 0 Å². The fraction of sp³-hybridized carbons (Fsp3) is 0.714. The molecule has 2 nitrogen and oxygen atoms in total. The second kappa shape index (κ2) is 2.40. The van der Waals surface area contributed by atoms with Crippen LogP contribution in [0.4, 0.5) is 0 Å². The molecule has 0 spiro atoms. The molecule has 1 unspecified atom stereocenters. The lowest BCUT2D eigenvalue weighted by Gasteiger charge is -2.10. The normalized spacial score (nSPS) is 26.8. The largest absolute Gasteiger partial charge is 0.318 e. The average Bonchev–Trinajstić information content (AvgIpc) is 2.10. The van der Waals surface area contributed by atoms with Gasteiger partial charge in [0, 0.05) is 19.3 Å². The molecule has 1 heterocycles. The number of hydrogen-bond acceptors (Lipinski definition) is 2. The van der Waals surface area contributed by atoms with E-state index in [4.69, 9.17) is 0 Å². The molecule has 0 aromatic rings. The predicted octanol–water partition coefficient (Wildman–Crippen LogP) is 1.12. The van der Waals surface area contributed by atoms with Crippen molar-refractivity contribution in [1.82, 2.24) is 10.4 Å². The average molecular weight is 126 g/mol. The van der Waals surface area contributed by atoms with Crippen molar-refractivity contribution < 1.29 is 0 Å². The van der Waals surface area contributed by atoms with Gasteiger partial charge < -0.3 is 5.01 Å². The topological polar surface area (TPSA) is 15.3 Å². The Morgan fingerprint density at radius 1 is 1.78 bits per heavy atom. The smallest absolute Gasteiger partial charge is 0.0460 e. The molecule has 1 atom stereocenters. The van der Waals surface area contributed by atoms with Crippen LogP contribution in [-0.4, -0.2) is 18.1 Å². The highest BCUT2D eigenvalue weighted by molar-refractivity contribution is 5.11. The Morgan fingerprint density at radius 2 is 2.44 bits per heavy atom. The van der Waals surface area contributed by atoms with Crippen molar-refractivity contribution in [3.05, 3.63) is 11.8 Å². The lowest BCUT2D eigenvalue weighted by molar-refractivity contribution is 0.337. The van der Waals surface area contributed by atoms with Crippen molar-refractivity contribution in [2.75, 3.05) is 7.05 Å². The van der Waals surface area contributed by atoms with Gasteiger partial charge in [-0.25, -0.2) is 5.43 Å². The minimum atomic E-state index is 0.542. The Morgan fingerprint density at radius 3 is 2.67 bits per heavy atom. The molecule has 9 heavy (non-hydrogen) atoms. The van der Waals surface area contributed by atoms with Crippen molar-refractivity contribution >= 4 is 0 Å². The first-order chi connectivity index (χ1) is 4.24. The first-order valence-corrected chi connectivity index (χ1v) is 3.43. The van der Waals surface area contributed by atoms with Gasteiger partial charge in [0.1, 0.15) is 0 Å². The molecule has 52 valence electrons. The van der Waals surface area contributed by atoms with E-state index < -0.39 is 0 Å². The highest BCUT2D eigenvalue weighted by Crippen LogP contribution is 2.12. The van der Waals surface area contributed by atoms with Gasteiger partial charge in [-0.15, -0.1) is 0 Å². The summed E-state index contributed by atoms with van der Waals surface area (Å²) in [5.41, 5.74) is 4.74. The zero-order chi connectivity index (χ0) is 6.85. The molecule has 0 saturated carbocycles. The zero-order valence-electron chi connectivity index (χ0n) is 6.31. The summed E-state index contributed by atoms with van der Waals surface area (Å²) in [6.07, 6.45) is 3.31. The first kappa shape index (κ1) is 6.62. The zero-order valence-corrected chi connectivity index (χ0v) is 6.31. The molecular formula is C7H14N2. The molecular weight excluding hydrogens is 112 g/mol. The second-order valence-corrected chi connectivity index (χ2v) is 2.52. The summed E-state index contributed by atoms with van der Waals surface area (Å²) in [5.74, 6) is 0. The highest BCUT2D eigenvalue weighted by Gasteiger charge is 2.14. The van der Waals surface area contributed by atoms with Crippen LogP contribution in [0.25, 0.3) is 0 Å². The maximum Gasteiger partial charge on any atom is 0.0460 e. The summed E-state index contributed by atoms with van der Waals surface area (Å²) in [5, 5.41) is 2.02. The minimum absolute atomic E-state index is 0.542. The molecule has 1 rings (SSSR count). The molecule has 0 saturated heterocycles. The number of rotatable bonds is 1. The molecule has 1 aliphatic heterocycles. The summed E-state index contributed by atoms with van der Waals surface area (Å²) >= 11 is 0. The van der Waals surface area contributed by atoms with Gasteiger partial charge in [-0.1, -0.05) is 6.92 Å². The Labute approximate surface area is 56.5 Å². The Kier molecular flexibility index (Phi) is 1.76. The van der Waals surface area contributed by atoms with Gasteiger partial charge in [-0.2, -0.15) is 0 Å². The Hall–Kier alpha value is -0.500. The van der Waals surface area contributed by atoms with Crippen molar-refractivity contribution in [3.8, 4) is 0 Å². The van der Waals surface area contributed by atoms with Gasteiger partial charge in [-0.05, 0) is 18.9 Å². The van der Waals surface area contributed by atoms with E-state index in [-0.39, 0.29) is 0 Å². The standard InChI is InChI=1S/C7H14N2/c1-4-7-5-9(3)8-6(7)2/h5-6,8H,4H2,1-3H3. The van der Waals surface area contributed by atoms with Crippen LogP contribution in [0.3, 0.4) is 0 Å². The SMILES string of the molecule is CCC1=CN(C)NC1C. The van der Waals surface area contributed by atoms with E-state index in [1.165, 1.54) is 5.57 Å². The molecule has 0 aliphatic carbocycles. The third-order valence-corrected chi connectivity index (χ3v) is 1.72. The minimum Gasteiger partial charge on any atom is -0.318 e. The van der Waals surface area contributed by atoms with Crippen molar-refractivity contribution in [3.63, 3.8) is 0 Å². The first-order valence-electron chi connectivity index (χ1n) is 3.43. The summed E-state index contributed by atoms with van der Waals surface area (Å²) in [6.45, 7) is 4.36. The van der Waals surface area contributed by atoms with Crippen molar-refractivity contribution in [1.29, 1.82) is 0 Å². The van der Waals surface area contributed by atoms with Crippen LogP contribution in [0.5, 0.6) is 0 Å². The number of nitrogens with zero attached hydrogens (tertiary/aromatic N) is 1. The molecule has 0 bridgehead atoms. The third kappa shape index (κ3) is 1.24. The highest BCUT2D eigenvalue weighted by atomic mass is 15.5. The van der Waals surface area contributed by atoms with Gasteiger partial charge in [0.15, 0.2) is 0 Å². The molecule has 1 aliphatic rings. The monoisotopic (exact) mass is 126 g/mol. The number of nitrogens with one attached hydrogen (secondary N) is 1. The summed E-state index contributed by atoms with van der Waals surface area (Å²) in [4.78, 5) is 0. The van der Waals surface area contributed by atoms with Gasteiger partial charge >= 0.3 is 0 Å². The van der Waals surface area contributed by atoms with Crippen LogP contribution in [-0.2, 0) is 0 Å². The molecule has 1 N–H and O–H groups in total.